The maximum absolute atomic E-state index is 9.37. The van der Waals surface area contributed by atoms with Crippen LogP contribution in [-0.4, -0.2) is 24.9 Å². The third kappa shape index (κ3) is 3.29. The lowest BCUT2D eigenvalue weighted by Gasteiger charge is -2.04. The molecule has 0 saturated carbocycles. The molecular formula is C17H14ClN5OS. The highest BCUT2D eigenvalue weighted by atomic mass is 35.5. The van der Waals surface area contributed by atoms with Crippen LogP contribution in [0.4, 0.5) is 10.8 Å². The van der Waals surface area contributed by atoms with Gasteiger partial charge >= 0.3 is 0 Å². The molecule has 0 fully saturated rings. The zero-order chi connectivity index (χ0) is 17.4. The predicted octanol–water partition coefficient (Wildman–Crippen LogP) is 4.19. The van der Waals surface area contributed by atoms with E-state index >= 15 is 0 Å². The van der Waals surface area contributed by atoms with E-state index in [4.69, 9.17) is 11.6 Å². The van der Waals surface area contributed by atoms with Gasteiger partial charge in [0.05, 0.1) is 0 Å². The molecule has 0 unspecified atom stereocenters. The normalized spacial score (nSPS) is 11.1. The first-order valence-electron chi connectivity index (χ1n) is 7.61. The summed E-state index contributed by atoms with van der Waals surface area (Å²) in [6.07, 6.45) is 0.584. The number of phenolic OH excluding ortho intramolecular Hbond substituents is 1. The summed E-state index contributed by atoms with van der Waals surface area (Å²) < 4.78 is 1.73. The second-order valence-corrected chi connectivity index (χ2v) is 7.01. The lowest BCUT2D eigenvalue weighted by Crippen LogP contribution is -1.98. The van der Waals surface area contributed by atoms with E-state index in [1.165, 1.54) is 11.3 Å². The van der Waals surface area contributed by atoms with E-state index < -0.39 is 0 Å². The molecule has 2 aromatic carbocycles. The van der Waals surface area contributed by atoms with E-state index in [9.17, 15) is 5.11 Å². The SMILES string of the molecule is Cc1ccc(Nc2nn3c(Cc4ccc(O)cc4)nnc3s2)cc1Cl. The minimum absolute atomic E-state index is 0.243. The number of aromatic hydroxyl groups is 1. The monoisotopic (exact) mass is 371 g/mol. The van der Waals surface area contributed by atoms with Crippen LogP contribution in [0.5, 0.6) is 5.75 Å². The van der Waals surface area contributed by atoms with Crippen LogP contribution in [-0.2, 0) is 6.42 Å². The van der Waals surface area contributed by atoms with E-state index in [1.54, 1.807) is 16.6 Å². The number of anilines is 2. The number of hydrogen-bond acceptors (Lipinski definition) is 6. The summed E-state index contributed by atoms with van der Waals surface area (Å²) >= 11 is 7.58. The summed E-state index contributed by atoms with van der Waals surface area (Å²) in [5.74, 6) is 0.985. The Morgan fingerprint density at radius 2 is 1.96 bits per heavy atom. The van der Waals surface area contributed by atoms with Gasteiger partial charge in [-0.05, 0) is 42.3 Å². The summed E-state index contributed by atoms with van der Waals surface area (Å²) in [4.78, 5) is 0.717. The molecule has 0 saturated heterocycles. The number of aryl methyl sites for hydroxylation is 1. The summed E-state index contributed by atoms with van der Waals surface area (Å²) in [5, 5.41) is 27.0. The molecule has 2 N–H and O–H groups in total. The Morgan fingerprint density at radius 3 is 2.72 bits per heavy atom. The van der Waals surface area contributed by atoms with Crippen LogP contribution in [0.1, 0.15) is 17.0 Å². The van der Waals surface area contributed by atoms with Crippen LogP contribution in [0.15, 0.2) is 42.5 Å². The average molecular weight is 372 g/mol. The van der Waals surface area contributed by atoms with Gasteiger partial charge in [0, 0.05) is 17.1 Å². The largest absolute Gasteiger partial charge is 0.508 e. The first kappa shape index (κ1) is 15.9. The van der Waals surface area contributed by atoms with Crippen LogP contribution >= 0.6 is 22.9 Å². The van der Waals surface area contributed by atoms with Crippen LogP contribution in [0, 0.1) is 6.92 Å². The van der Waals surface area contributed by atoms with Crippen molar-refractivity contribution in [3.05, 3.63) is 64.4 Å². The molecule has 2 aromatic heterocycles. The van der Waals surface area contributed by atoms with Crippen molar-refractivity contribution in [1.29, 1.82) is 0 Å². The fourth-order valence-corrected chi connectivity index (χ4v) is 3.37. The van der Waals surface area contributed by atoms with Crippen LogP contribution < -0.4 is 5.32 Å². The molecule has 0 bridgehead atoms. The summed E-state index contributed by atoms with van der Waals surface area (Å²) in [5.41, 5.74) is 2.93. The predicted molar refractivity (Wildman–Crippen MR) is 99.0 cm³/mol. The minimum atomic E-state index is 0.243. The molecule has 0 aliphatic heterocycles. The molecule has 0 atom stereocenters. The Kier molecular flexibility index (Phi) is 4.03. The molecule has 126 valence electrons. The molecule has 6 nitrogen and oxygen atoms in total. The fraction of sp³-hybridized carbons (Fsp3) is 0.118. The Hall–Kier alpha value is -2.64. The molecule has 0 aliphatic rings. The van der Waals surface area contributed by atoms with Gasteiger partial charge in [0.1, 0.15) is 5.75 Å². The summed E-state index contributed by atoms with van der Waals surface area (Å²) in [6.45, 7) is 1.96. The number of halogens is 1. The molecule has 25 heavy (non-hydrogen) atoms. The Labute approximate surface area is 152 Å². The Bertz CT molecular complexity index is 1040. The summed E-state index contributed by atoms with van der Waals surface area (Å²) in [7, 11) is 0. The second kappa shape index (κ2) is 6.34. The Balaban J connectivity index is 1.59. The number of phenols is 1. The third-order valence-corrected chi connectivity index (χ3v) is 5.00. The zero-order valence-corrected chi connectivity index (χ0v) is 14.8. The minimum Gasteiger partial charge on any atom is -0.508 e. The molecule has 8 heteroatoms. The van der Waals surface area contributed by atoms with E-state index in [1.807, 2.05) is 37.3 Å². The average Bonchev–Trinajstić information content (AvgIpc) is 3.14. The van der Waals surface area contributed by atoms with Crippen LogP contribution in [0.3, 0.4) is 0 Å². The number of hydrogen-bond donors (Lipinski definition) is 2. The van der Waals surface area contributed by atoms with Crippen molar-refractivity contribution in [3.63, 3.8) is 0 Å². The lowest BCUT2D eigenvalue weighted by molar-refractivity contribution is 0.475. The van der Waals surface area contributed by atoms with Crippen molar-refractivity contribution in [2.24, 2.45) is 0 Å². The van der Waals surface area contributed by atoms with Crippen molar-refractivity contribution in [2.75, 3.05) is 5.32 Å². The van der Waals surface area contributed by atoms with Crippen molar-refractivity contribution in [3.8, 4) is 5.75 Å². The number of aromatic nitrogens is 4. The van der Waals surface area contributed by atoms with Crippen molar-refractivity contribution < 1.29 is 5.11 Å². The second-order valence-electron chi connectivity index (χ2n) is 5.65. The van der Waals surface area contributed by atoms with Gasteiger partial charge in [-0.3, -0.25) is 0 Å². The smallest absolute Gasteiger partial charge is 0.236 e. The van der Waals surface area contributed by atoms with E-state index in [0.29, 0.717) is 11.4 Å². The Morgan fingerprint density at radius 1 is 1.16 bits per heavy atom. The first-order valence-corrected chi connectivity index (χ1v) is 8.80. The molecular weight excluding hydrogens is 358 g/mol. The van der Waals surface area contributed by atoms with Gasteiger partial charge in [-0.15, -0.1) is 15.3 Å². The van der Waals surface area contributed by atoms with Gasteiger partial charge in [0.15, 0.2) is 5.82 Å². The molecule has 2 heterocycles. The van der Waals surface area contributed by atoms with Gasteiger partial charge in [-0.25, -0.2) is 0 Å². The highest BCUT2D eigenvalue weighted by Gasteiger charge is 2.12. The standard InChI is InChI=1S/C17H14ClN5OS/c1-10-2-5-12(9-14(10)18)19-16-22-23-15(20-21-17(23)25-16)8-11-3-6-13(24)7-4-11/h2-7,9,24H,8H2,1H3,(H,19,22). The van der Waals surface area contributed by atoms with E-state index in [-0.39, 0.29) is 5.75 Å². The van der Waals surface area contributed by atoms with Gasteiger partial charge < -0.3 is 10.4 Å². The molecule has 0 radical (unpaired) electrons. The van der Waals surface area contributed by atoms with Gasteiger partial charge in [0.2, 0.25) is 10.1 Å². The summed E-state index contributed by atoms with van der Waals surface area (Å²) in [6, 6.07) is 12.8. The topological polar surface area (TPSA) is 75.3 Å². The molecule has 0 aliphatic carbocycles. The van der Waals surface area contributed by atoms with E-state index in [2.05, 4.69) is 20.6 Å². The lowest BCUT2D eigenvalue weighted by atomic mass is 10.1. The van der Waals surface area contributed by atoms with Gasteiger partial charge in [-0.2, -0.15) is 4.52 Å². The quantitative estimate of drug-likeness (QED) is 0.562. The third-order valence-electron chi connectivity index (χ3n) is 3.78. The maximum Gasteiger partial charge on any atom is 0.236 e. The molecule has 0 amide bonds. The zero-order valence-electron chi connectivity index (χ0n) is 13.3. The number of rotatable bonds is 4. The van der Waals surface area contributed by atoms with Crippen molar-refractivity contribution in [2.45, 2.75) is 13.3 Å². The number of benzene rings is 2. The molecule has 4 rings (SSSR count). The van der Waals surface area contributed by atoms with Crippen LogP contribution in [0.2, 0.25) is 5.02 Å². The maximum atomic E-state index is 9.37. The van der Waals surface area contributed by atoms with Gasteiger partial charge in [0.25, 0.3) is 0 Å². The van der Waals surface area contributed by atoms with Crippen LogP contribution in [0.25, 0.3) is 4.96 Å². The number of fused-ring (bicyclic) bond motifs is 1. The first-order chi connectivity index (χ1) is 12.1. The highest BCUT2D eigenvalue weighted by Crippen LogP contribution is 2.26. The number of nitrogens with zero attached hydrogens (tertiary/aromatic N) is 4. The van der Waals surface area contributed by atoms with Crippen molar-refractivity contribution in [1.82, 2.24) is 19.8 Å². The van der Waals surface area contributed by atoms with Crippen molar-refractivity contribution >= 4 is 38.7 Å². The molecule has 0 spiro atoms. The molecule has 4 aromatic rings. The fourth-order valence-electron chi connectivity index (χ4n) is 2.41. The number of nitrogens with one attached hydrogen (secondary N) is 1. The van der Waals surface area contributed by atoms with Gasteiger partial charge in [-0.1, -0.05) is 41.1 Å². The highest BCUT2D eigenvalue weighted by molar-refractivity contribution is 7.20. The van der Waals surface area contributed by atoms with E-state index in [0.717, 1.165) is 32.7 Å².